The Labute approximate surface area is 155 Å². The average molecular weight is 346 g/mol. The molecule has 0 atom stereocenters. The first-order valence-corrected chi connectivity index (χ1v) is 9.80. The lowest BCUT2D eigenvalue weighted by Gasteiger charge is -2.37. The molecule has 0 radical (unpaired) electrons. The molecule has 4 nitrogen and oxygen atoms in total. The molecule has 3 aromatic rings. The van der Waals surface area contributed by atoms with Crippen LogP contribution in [0.4, 0.5) is 11.6 Å². The average Bonchev–Trinajstić information content (AvgIpc) is 3.43. The zero-order valence-corrected chi connectivity index (χ0v) is 15.4. The van der Waals surface area contributed by atoms with Crippen molar-refractivity contribution in [2.24, 2.45) is 5.92 Å². The summed E-state index contributed by atoms with van der Waals surface area (Å²) >= 11 is 0. The minimum Gasteiger partial charge on any atom is -0.368 e. The summed E-state index contributed by atoms with van der Waals surface area (Å²) in [4.78, 5) is 10.00. The number of para-hydroxylation sites is 3. The summed E-state index contributed by atoms with van der Waals surface area (Å²) < 4.78 is 2.47. The molecular weight excluding hydrogens is 320 g/mol. The molecule has 134 valence electrons. The van der Waals surface area contributed by atoms with Crippen molar-refractivity contribution in [1.29, 1.82) is 0 Å². The van der Waals surface area contributed by atoms with Crippen molar-refractivity contribution in [3.63, 3.8) is 0 Å². The summed E-state index contributed by atoms with van der Waals surface area (Å²) in [5.41, 5.74) is 5.15. The summed E-state index contributed by atoms with van der Waals surface area (Å²) in [5, 5.41) is 0. The van der Waals surface area contributed by atoms with E-state index in [0.717, 1.165) is 44.2 Å². The van der Waals surface area contributed by atoms with E-state index >= 15 is 0 Å². The Balaban J connectivity index is 1.40. The van der Waals surface area contributed by atoms with Crippen molar-refractivity contribution in [2.45, 2.75) is 26.3 Å². The molecule has 26 heavy (non-hydrogen) atoms. The Morgan fingerprint density at radius 1 is 0.885 bits per heavy atom. The molecule has 0 spiro atoms. The van der Waals surface area contributed by atoms with Gasteiger partial charge in [0.2, 0.25) is 5.95 Å². The van der Waals surface area contributed by atoms with Crippen molar-refractivity contribution in [2.75, 3.05) is 36.0 Å². The molecule has 2 heterocycles. The Hall–Kier alpha value is -2.49. The second-order valence-corrected chi connectivity index (χ2v) is 7.72. The number of anilines is 2. The van der Waals surface area contributed by atoms with Gasteiger partial charge in [-0.05, 0) is 49.4 Å². The van der Waals surface area contributed by atoms with E-state index < -0.39 is 0 Å². The van der Waals surface area contributed by atoms with Crippen LogP contribution in [-0.4, -0.2) is 35.7 Å². The molecule has 0 unspecified atom stereocenters. The Morgan fingerprint density at radius 3 is 2.35 bits per heavy atom. The predicted molar refractivity (Wildman–Crippen MR) is 108 cm³/mol. The Kier molecular flexibility index (Phi) is 3.84. The quantitative estimate of drug-likeness (QED) is 0.711. The molecule has 1 saturated heterocycles. The van der Waals surface area contributed by atoms with Crippen LogP contribution in [0.3, 0.4) is 0 Å². The lowest BCUT2D eigenvalue weighted by Crippen LogP contribution is -2.47. The van der Waals surface area contributed by atoms with Gasteiger partial charge in [0.1, 0.15) is 0 Å². The van der Waals surface area contributed by atoms with E-state index in [-0.39, 0.29) is 0 Å². The van der Waals surface area contributed by atoms with Gasteiger partial charge in [-0.15, -0.1) is 0 Å². The van der Waals surface area contributed by atoms with E-state index in [1.807, 2.05) is 0 Å². The maximum Gasteiger partial charge on any atom is 0.206 e. The van der Waals surface area contributed by atoms with Crippen molar-refractivity contribution >= 4 is 22.7 Å². The molecule has 1 aliphatic carbocycles. The smallest absolute Gasteiger partial charge is 0.206 e. The fourth-order valence-corrected chi connectivity index (χ4v) is 4.11. The van der Waals surface area contributed by atoms with Gasteiger partial charge < -0.3 is 14.4 Å². The summed E-state index contributed by atoms with van der Waals surface area (Å²) in [7, 11) is 0. The summed E-state index contributed by atoms with van der Waals surface area (Å²) in [6, 6.07) is 17.3. The first-order chi connectivity index (χ1) is 12.8. The van der Waals surface area contributed by atoms with Gasteiger partial charge in [-0.1, -0.05) is 30.3 Å². The second kappa shape index (κ2) is 6.35. The summed E-state index contributed by atoms with van der Waals surface area (Å²) in [6.45, 7) is 7.49. The van der Waals surface area contributed by atoms with Gasteiger partial charge >= 0.3 is 0 Å². The highest BCUT2D eigenvalue weighted by molar-refractivity contribution is 5.79. The van der Waals surface area contributed by atoms with Crippen LogP contribution in [0.25, 0.3) is 11.0 Å². The molecule has 4 heteroatoms. The van der Waals surface area contributed by atoms with Crippen molar-refractivity contribution in [1.82, 2.24) is 9.55 Å². The summed E-state index contributed by atoms with van der Waals surface area (Å²) in [5.74, 6) is 2.02. The number of nitrogens with zero attached hydrogens (tertiary/aromatic N) is 4. The van der Waals surface area contributed by atoms with Gasteiger partial charge in [-0.25, -0.2) is 4.98 Å². The third-order valence-corrected chi connectivity index (χ3v) is 5.79. The zero-order valence-electron chi connectivity index (χ0n) is 15.4. The number of hydrogen-bond acceptors (Lipinski definition) is 3. The number of piperazine rings is 1. The van der Waals surface area contributed by atoms with Crippen molar-refractivity contribution in [3.05, 3.63) is 54.1 Å². The topological polar surface area (TPSA) is 24.3 Å². The number of hydrogen-bond donors (Lipinski definition) is 0. The third-order valence-electron chi connectivity index (χ3n) is 5.79. The van der Waals surface area contributed by atoms with Crippen LogP contribution in [0.15, 0.2) is 48.5 Å². The van der Waals surface area contributed by atoms with E-state index in [1.54, 1.807) is 0 Å². The molecule has 2 fully saturated rings. The van der Waals surface area contributed by atoms with Crippen LogP contribution in [-0.2, 0) is 6.54 Å². The number of imidazole rings is 1. The maximum atomic E-state index is 5.00. The van der Waals surface area contributed by atoms with E-state index in [0.29, 0.717) is 0 Å². The molecule has 1 saturated carbocycles. The first-order valence-electron chi connectivity index (χ1n) is 9.80. The van der Waals surface area contributed by atoms with Gasteiger partial charge in [0.25, 0.3) is 0 Å². The minimum atomic E-state index is 0.847. The van der Waals surface area contributed by atoms with Crippen LogP contribution in [0, 0.1) is 12.8 Å². The van der Waals surface area contributed by atoms with Crippen LogP contribution < -0.4 is 9.80 Å². The standard InChI is InChI=1S/C22H26N4/c1-17-6-2-4-8-20(17)24-12-14-25(15-13-24)22-23-19-7-3-5-9-21(19)26(22)16-18-10-11-18/h2-9,18H,10-16H2,1H3. The molecule has 0 N–H and O–H groups in total. The highest BCUT2D eigenvalue weighted by atomic mass is 15.4. The van der Waals surface area contributed by atoms with Crippen LogP contribution in [0.5, 0.6) is 0 Å². The lowest BCUT2D eigenvalue weighted by molar-refractivity contribution is 0.592. The number of rotatable bonds is 4. The van der Waals surface area contributed by atoms with E-state index in [1.165, 1.54) is 35.6 Å². The van der Waals surface area contributed by atoms with Crippen molar-refractivity contribution < 1.29 is 0 Å². The number of fused-ring (bicyclic) bond motifs is 1. The Bertz CT molecular complexity index is 917. The van der Waals surface area contributed by atoms with Gasteiger partial charge in [0.15, 0.2) is 0 Å². The normalized spacial score (nSPS) is 17.9. The number of aromatic nitrogens is 2. The largest absolute Gasteiger partial charge is 0.368 e. The third kappa shape index (κ3) is 2.83. The predicted octanol–water partition coefficient (Wildman–Crippen LogP) is 4.08. The molecule has 0 bridgehead atoms. The molecule has 1 aromatic heterocycles. The number of benzene rings is 2. The van der Waals surface area contributed by atoms with Crippen LogP contribution in [0.1, 0.15) is 18.4 Å². The van der Waals surface area contributed by atoms with E-state index in [2.05, 4.69) is 69.8 Å². The van der Waals surface area contributed by atoms with Gasteiger partial charge in [-0.3, -0.25) is 0 Å². The fraction of sp³-hybridized carbons (Fsp3) is 0.409. The molecule has 1 aliphatic heterocycles. The SMILES string of the molecule is Cc1ccccc1N1CCN(c2nc3ccccc3n2CC2CC2)CC1. The molecular formula is C22H26N4. The molecule has 2 aliphatic rings. The fourth-order valence-electron chi connectivity index (χ4n) is 4.11. The molecule has 5 rings (SSSR count). The Morgan fingerprint density at radius 2 is 1.58 bits per heavy atom. The van der Waals surface area contributed by atoms with Crippen LogP contribution >= 0.6 is 0 Å². The zero-order chi connectivity index (χ0) is 17.5. The van der Waals surface area contributed by atoms with Gasteiger partial charge in [0, 0.05) is 38.4 Å². The van der Waals surface area contributed by atoms with Crippen molar-refractivity contribution in [3.8, 4) is 0 Å². The van der Waals surface area contributed by atoms with Crippen LogP contribution in [0.2, 0.25) is 0 Å². The first kappa shape index (κ1) is 15.7. The van der Waals surface area contributed by atoms with E-state index in [9.17, 15) is 0 Å². The maximum absolute atomic E-state index is 5.00. The summed E-state index contributed by atoms with van der Waals surface area (Å²) in [6.07, 6.45) is 2.74. The van der Waals surface area contributed by atoms with Gasteiger partial charge in [-0.2, -0.15) is 0 Å². The minimum absolute atomic E-state index is 0.847. The monoisotopic (exact) mass is 346 g/mol. The molecule has 2 aromatic carbocycles. The highest BCUT2D eigenvalue weighted by Crippen LogP contribution is 2.34. The van der Waals surface area contributed by atoms with E-state index in [4.69, 9.17) is 4.98 Å². The lowest BCUT2D eigenvalue weighted by atomic mass is 10.1. The highest BCUT2D eigenvalue weighted by Gasteiger charge is 2.27. The molecule has 0 amide bonds. The number of aryl methyl sites for hydroxylation is 1. The van der Waals surface area contributed by atoms with Gasteiger partial charge in [0.05, 0.1) is 11.0 Å². The second-order valence-electron chi connectivity index (χ2n) is 7.72.